The fourth-order valence-corrected chi connectivity index (χ4v) is 5.00. The highest BCUT2D eigenvalue weighted by Gasteiger charge is 2.29. The maximum atomic E-state index is 13.3. The summed E-state index contributed by atoms with van der Waals surface area (Å²) < 4.78 is 33.9. The third-order valence-electron chi connectivity index (χ3n) is 3.92. The molecule has 1 aromatic carbocycles. The lowest BCUT2D eigenvalue weighted by Crippen LogP contribution is -2.20. The van der Waals surface area contributed by atoms with Gasteiger partial charge < -0.3 is 9.64 Å². The smallest absolute Gasteiger partial charge is 0.218 e. The van der Waals surface area contributed by atoms with Crippen molar-refractivity contribution in [3.05, 3.63) is 42.1 Å². The molecular formula is C18H22N4O3S2. The Labute approximate surface area is 163 Å². The van der Waals surface area contributed by atoms with Crippen LogP contribution in [0, 0.1) is 6.92 Å². The minimum Gasteiger partial charge on any atom is -0.476 e. The van der Waals surface area contributed by atoms with E-state index in [1.807, 2.05) is 25.9 Å². The van der Waals surface area contributed by atoms with E-state index in [1.165, 1.54) is 16.3 Å². The van der Waals surface area contributed by atoms with Gasteiger partial charge in [0.25, 0.3) is 0 Å². The third-order valence-corrected chi connectivity index (χ3v) is 6.52. The Morgan fingerprint density at radius 2 is 1.93 bits per heavy atom. The monoisotopic (exact) mass is 406 g/mol. The van der Waals surface area contributed by atoms with Crippen LogP contribution in [0.25, 0.3) is 5.65 Å². The predicted molar refractivity (Wildman–Crippen MR) is 105 cm³/mol. The highest BCUT2D eigenvalue weighted by molar-refractivity contribution is 7.99. The second kappa shape index (κ2) is 7.87. The number of ether oxygens (including phenoxy) is 1. The summed E-state index contributed by atoms with van der Waals surface area (Å²) in [6.07, 6.45) is 1.80. The van der Waals surface area contributed by atoms with E-state index in [9.17, 15) is 8.42 Å². The number of fused-ring (bicyclic) bond motifs is 1. The number of sulfone groups is 1. The van der Waals surface area contributed by atoms with E-state index in [0.717, 1.165) is 6.54 Å². The second-order valence-electron chi connectivity index (χ2n) is 6.28. The number of hydrogen-bond acceptors (Lipinski definition) is 7. The number of thioether (sulfide) groups is 1. The summed E-state index contributed by atoms with van der Waals surface area (Å²) in [5.41, 5.74) is 0.947. The lowest BCUT2D eigenvalue weighted by atomic mass is 10.4. The van der Waals surface area contributed by atoms with Crippen molar-refractivity contribution in [3.8, 4) is 5.88 Å². The van der Waals surface area contributed by atoms with E-state index >= 15 is 0 Å². The van der Waals surface area contributed by atoms with Gasteiger partial charge in [0.1, 0.15) is 11.6 Å². The van der Waals surface area contributed by atoms with Crippen LogP contribution in [0.3, 0.4) is 0 Å². The summed E-state index contributed by atoms with van der Waals surface area (Å²) >= 11 is 1.27. The summed E-state index contributed by atoms with van der Waals surface area (Å²) in [5, 5.41) is 4.86. The Kier molecular flexibility index (Phi) is 5.73. The van der Waals surface area contributed by atoms with Crippen molar-refractivity contribution >= 4 is 27.2 Å². The number of aryl methyl sites for hydroxylation is 1. The number of nitrogens with zero attached hydrogens (tertiary/aromatic N) is 4. The van der Waals surface area contributed by atoms with Gasteiger partial charge in [0.15, 0.2) is 10.5 Å². The molecule has 144 valence electrons. The zero-order chi connectivity index (χ0) is 19.6. The molecule has 0 saturated carbocycles. The van der Waals surface area contributed by atoms with Crippen LogP contribution in [0.2, 0.25) is 0 Å². The van der Waals surface area contributed by atoms with E-state index < -0.39 is 9.84 Å². The topological polar surface area (TPSA) is 76.8 Å². The van der Waals surface area contributed by atoms with Gasteiger partial charge in [-0.1, -0.05) is 18.2 Å². The Bertz CT molecular complexity index is 1050. The number of likely N-dealkylation sites (N-methyl/N-ethyl adjacent to an activating group) is 1. The van der Waals surface area contributed by atoms with Crippen LogP contribution in [-0.4, -0.2) is 61.4 Å². The van der Waals surface area contributed by atoms with Crippen molar-refractivity contribution in [1.29, 1.82) is 0 Å². The Balaban J connectivity index is 2.18. The molecule has 0 unspecified atom stereocenters. The molecule has 7 nitrogen and oxygen atoms in total. The lowest BCUT2D eigenvalue weighted by molar-refractivity contribution is 0.248. The molecule has 0 amide bonds. The normalized spacial score (nSPS) is 12.0. The van der Waals surface area contributed by atoms with Crippen molar-refractivity contribution in [2.75, 3.05) is 33.5 Å². The van der Waals surface area contributed by atoms with Crippen molar-refractivity contribution in [2.45, 2.75) is 21.7 Å². The fourth-order valence-electron chi connectivity index (χ4n) is 2.59. The molecule has 2 heterocycles. The highest BCUT2D eigenvalue weighted by Crippen LogP contribution is 2.33. The molecular weight excluding hydrogens is 384 g/mol. The van der Waals surface area contributed by atoms with Crippen LogP contribution in [0.1, 0.15) is 5.69 Å². The second-order valence-corrected chi connectivity index (χ2v) is 8.96. The van der Waals surface area contributed by atoms with Gasteiger partial charge in [0.05, 0.1) is 4.90 Å². The van der Waals surface area contributed by atoms with E-state index in [4.69, 9.17) is 4.74 Å². The van der Waals surface area contributed by atoms with Gasteiger partial charge >= 0.3 is 0 Å². The van der Waals surface area contributed by atoms with Gasteiger partial charge in [-0.25, -0.2) is 13.4 Å². The molecule has 0 aliphatic carbocycles. The minimum atomic E-state index is -3.76. The number of aromatic nitrogens is 3. The first kappa shape index (κ1) is 19.7. The van der Waals surface area contributed by atoms with Crippen LogP contribution in [-0.2, 0) is 9.84 Å². The Morgan fingerprint density at radius 3 is 2.56 bits per heavy atom. The van der Waals surface area contributed by atoms with E-state index in [1.54, 1.807) is 42.7 Å². The largest absolute Gasteiger partial charge is 0.476 e. The van der Waals surface area contributed by atoms with Gasteiger partial charge in [-0.05, 0) is 39.4 Å². The maximum absolute atomic E-state index is 13.3. The number of hydrogen-bond donors (Lipinski definition) is 0. The Morgan fingerprint density at radius 1 is 1.22 bits per heavy atom. The predicted octanol–water partition coefficient (Wildman–Crippen LogP) is 2.53. The van der Waals surface area contributed by atoms with Crippen LogP contribution < -0.4 is 4.74 Å². The van der Waals surface area contributed by atoms with Gasteiger partial charge in [0, 0.05) is 18.3 Å². The Hall–Kier alpha value is -2.10. The molecule has 0 aliphatic heterocycles. The molecule has 0 fully saturated rings. The van der Waals surface area contributed by atoms with Crippen molar-refractivity contribution in [2.24, 2.45) is 0 Å². The van der Waals surface area contributed by atoms with E-state index in [-0.39, 0.29) is 15.4 Å². The molecule has 27 heavy (non-hydrogen) atoms. The lowest BCUT2D eigenvalue weighted by Gasteiger charge is -2.12. The average molecular weight is 407 g/mol. The van der Waals surface area contributed by atoms with Crippen LogP contribution in [0.15, 0.2) is 51.2 Å². The molecule has 9 heteroatoms. The summed E-state index contributed by atoms with van der Waals surface area (Å²) in [4.78, 5) is 6.79. The first-order valence-corrected chi connectivity index (χ1v) is 11.1. The first-order chi connectivity index (χ1) is 12.8. The van der Waals surface area contributed by atoms with Crippen LogP contribution >= 0.6 is 11.8 Å². The SMILES string of the molecule is CSc1nn2c(OCCN(C)C)cc(C)nc2c1S(=O)(=O)c1ccccc1. The molecule has 3 rings (SSSR count). The third kappa shape index (κ3) is 3.95. The highest BCUT2D eigenvalue weighted by atomic mass is 32.2. The van der Waals surface area contributed by atoms with E-state index in [0.29, 0.717) is 23.2 Å². The molecule has 0 aliphatic rings. The van der Waals surface area contributed by atoms with Crippen molar-refractivity contribution in [1.82, 2.24) is 19.5 Å². The van der Waals surface area contributed by atoms with Gasteiger partial charge in [-0.2, -0.15) is 9.61 Å². The van der Waals surface area contributed by atoms with Crippen LogP contribution in [0.4, 0.5) is 0 Å². The van der Waals surface area contributed by atoms with Gasteiger partial charge in [0.2, 0.25) is 15.7 Å². The molecule has 0 saturated heterocycles. The molecule has 0 atom stereocenters. The van der Waals surface area contributed by atoms with Crippen molar-refractivity contribution in [3.63, 3.8) is 0 Å². The molecule has 0 bridgehead atoms. The van der Waals surface area contributed by atoms with Gasteiger partial charge in [-0.3, -0.25) is 0 Å². The minimum absolute atomic E-state index is 0.113. The molecule has 3 aromatic rings. The van der Waals surface area contributed by atoms with Crippen molar-refractivity contribution < 1.29 is 13.2 Å². The molecule has 2 aromatic heterocycles. The zero-order valence-electron chi connectivity index (χ0n) is 15.7. The average Bonchev–Trinajstić information content (AvgIpc) is 3.01. The molecule has 0 spiro atoms. The fraction of sp³-hybridized carbons (Fsp3) is 0.333. The number of benzene rings is 1. The molecule has 0 radical (unpaired) electrons. The summed E-state index contributed by atoms with van der Waals surface area (Å²) in [6.45, 7) is 3.00. The van der Waals surface area contributed by atoms with Crippen LogP contribution in [0.5, 0.6) is 5.88 Å². The summed E-state index contributed by atoms with van der Waals surface area (Å²) in [6, 6.07) is 10.1. The zero-order valence-corrected chi connectivity index (χ0v) is 17.3. The summed E-state index contributed by atoms with van der Waals surface area (Å²) in [5.74, 6) is 0.476. The quantitative estimate of drug-likeness (QED) is 0.558. The first-order valence-electron chi connectivity index (χ1n) is 8.36. The van der Waals surface area contributed by atoms with E-state index in [2.05, 4.69) is 10.1 Å². The standard InChI is InChI=1S/C18H22N4O3S2/c1-13-12-15(25-11-10-21(2)3)22-17(19-13)16(18(20-22)26-4)27(23,24)14-8-6-5-7-9-14/h5-9,12H,10-11H2,1-4H3. The number of rotatable bonds is 7. The van der Waals surface area contributed by atoms with Gasteiger partial charge in [-0.15, -0.1) is 11.8 Å². The maximum Gasteiger partial charge on any atom is 0.218 e. The summed E-state index contributed by atoms with van der Waals surface area (Å²) in [7, 11) is 0.156. The molecule has 0 N–H and O–H groups in total.